The molecule has 0 spiro atoms. The number of carboxylic acid groups (broad SMARTS) is 1. The molecule has 1 atom stereocenters. The summed E-state index contributed by atoms with van der Waals surface area (Å²) < 4.78 is 0. The molecular formula is C18H35BrO2. The number of aliphatic carboxylic acids is 1. The molecule has 126 valence electrons. The van der Waals surface area contributed by atoms with Crippen molar-refractivity contribution >= 4 is 21.9 Å². The van der Waals surface area contributed by atoms with Crippen molar-refractivity contribution in [1.29, 1.82) is 0 Å². The Labute approximate surface area is 140 Å². The molecule has 21 heavy (non-hydrogen) atoms. The van der Waals surface area contributed by atoms with Crippen LogP contribution in [0.2, 0.25) is 0 Å². The molecule has 0 aliphatic heterocycles. The average molecular weight is 363 g/mol. The molecule has 0 radical (unpaired) electrons. The van der Waals surface area contributed by atoms with E-state index in [4.69, 9.17) is 5.11 Å². The summed E-state index contributed by atoms with van der Waals surface area (Å²) in [4.78, 5) is 10.3. The maximum Gasteiger partial charge on any atom is 0.317 e. The van der Waals surface area contributed by atoms with E-state index in [0.717, 1.165) is 12.8 Å². The van der Waals surface area contributed by atoms with E-state index in [1.807, 2.05) is 0 Å². The molecule has 0 saturated carbocycles. The van der Waals surface area contributed by atoms with Crippen molar-refractivity contribution in [3.8, 4) is 0 Å². The van der Waals surface area contributed by atoms with Crippen molar-refractivity contribution in [3.05, 3.63) is 0 Å². The summed E-state index contributed by atoms with van der Waals surface area (Å²) in [6, 6.07) is 0. The van der Waals surface area contributed by atoms with E-state index >= 15 is 0 Å². The highest BCUT2D eigenvalue weighted by Gasteiger charge is 2.11. The molecule has 0 aromatic heterocycles. The van der Waals surface area contributed by atoms with E-state index in [9.17, 15) is 4.79 Å². The predicted octanol–water partition coefficient (Wildman–Crippen LogP) is 6.71. The Bertz CT molecular complexity index is 231. The van der Waals surface area contributed by atoms with Crippen molar-refractivity contribution in [1.82, 2.24) is 0 Å². The van der Waals surface area contributed by atoms with Crippen LogP contribution in [-0.2, 0) is 4.79 Å². The summed E-state index contributed by atoms with van der Waals surface area (Å²) >= 11 is 3.18. The number of hydrogen-bond acceptors (Lipinski definition) is 1. The van der Waals surface area contributed by atoms with Gasteiger partial charge < -0.3 is 5.11 Å². The number of hydrogen-bond donors (Lipinski definition) is 1. The van der Waals surface area contributed by atoms with Gasteiger partial charge in [-0.2, -0.15) is 0 Å². The van der Waals surface area contributed by atoms with Crippen LogP contribution in [0.25, 0.3) is 0 Å². The number of carbonyl (C=O) groups is 1. The van der Waals surface area contributed by atoms with E-state index < -0.39 is 5.97 Å². The Morgan fingerprint density at radius 1 is 0.762 bits per heavy atom. The first kappa shape index (κ1) is 20.9. The van der Waals surface area contributed by atoms with Gasteiger partial charge in [0.05, 0.1) is 0 Å². The molecule has 3 heteroatoms. The SMILES string of the molecule is CCCCCCCCCCCCCCCC[C@H](Br)C(=O)O. The van der Waals surface area contributed by atoms with E-state index in [2.05, 4.69) is 22.9 Å². The number of halogens is 1. The maximum atomic E-state index is 10.6. The quantitative estimate of drug-likeness (QED) is 0.244. The lowest BCUT2D eigenvalue weighted by atomic mass is 10.0. The summed E-state index contributed by atoms with van der Waals surface area (Å²) in [5.41, 5.74) is 0. The van der Waals surface area contributed by atoms with Crippen LogP contribution in [0.3, 0.4) is 0 Å². The lowest BCUT2D eigenvalue weighted by Crippen LogP contribution is -2.11. The summed E-state index contributed by atoms with van der Waals surface area (Å²) in [5.74, 6) is -0.732. The first-order valence-corrected chi connectivity index (χ1v) is 9.97. The van der Waals surface area contributed by atoms with Gasteiger partial charge in [-0.3, -0.25) is 4.79 Å². The minimum atomic E-state index is -0.732. The lowest BCUT2D eigenvalue weighted by molar-refractivity contribution is -0.136. The second-order valence-corrected chi connectivity index (χ2v) is 7.30. The zero-order valence-electron chi connectivity index (χ0n) is 13.9. The van der Waals surface area contributed by atoms with E-state index in [0.29, 0.717) is 0 Å². The lowest BCUT2D eigenvalue weighted by Gasteiger charge is -2.05. The summed E-state index contributed by atoms with van der Waals surface area (Å²) in [7, 11) is 0. The largest absolute Gasteiger partial charge is 0.480 e. The molecule has 0 aromatic carbocycles. The second-order valence-electron chi connectivity index (χ2n) is 6.19. The predicted molar refractivity (Wildman–Crippen MR) is 95.3 cm³/mol. The first-order chi connectivity index (χ1) is 10.2. The van der Waals surface area contributed by atoms with Crippen LogP contribution in [0, 0.1) is 0 Å². The Morgan fingerprint density at radius 2 is 1.10 bits per heavy atom. The Kier molecular flexibility index (Phi) is 16.3. The molecule has 0 aliphatic rings. The van der Waals surface area contributed by atoms with Gasteiger partial charge in [0.25, 0.3) is 0 Å². The molecule has 0 rings (SSSR count). The van der Waals surface area contributed by atoms with Crippen molar-refractivity contribution in [2.24, 2.45) is 0 Å². The molecule has 0 fully saturated rings. The van der Waals surface area contributed by atoms with Gasteiger partial charge in [0.2, 0.25) is 0 Å². The van der Waals surface area contributed by atoms with Gasteiger partial charge in [-0.05, 0) is 6.42 Å². The summed E-state index contributed by atoms with van der Waals surface area (Å²) in [5, 5.41) is 8.74. The minimum absolute atomic E-state index is 0.352. The average Bonchev–Trinajstić information content (AvgIpc) is 2.47. The van der Waals surface area contributed by atoms with Crippen molar-refractivity contribution in [2.75, 3.05) is 0 Å². The number of rotatable bonds is 16. The fraction of sp³-hybridized carbons (Fsp3) is 0.944. The van der Waals surface area contributed by atoms with Gasteiger partial charge >= 0.3 is 5.97 Å². The van der Waals surface area contributed by atoms with Crippen LogP contribution in [0.5, 0.6) is 0 Å². The number of alkyl halides is 1. The van der Waals surface area contributed by atoms with E-state index in [1.54, 1.807) is 0 Å². The highest BCUT2D eigenvalue weighted by atomic mass is 79.9. The van der Waals surface area contributed by atoms with Gasteiger partial charge in [0.1, 0.15) is 4.83 Å². The van der Waals surface area contributed by atoms with Crippen LogP contribution >= 0.6 is 15.9 Å². The molecule has 0 bridgehead atoms. The topological polar surface area (TPSA) is 37.3 Å². The zero-order chi connectivity index (χ0) is 15.8. The molecular weight excluding hydrogens is 328 g/mol. The fourth-order valence-corrected chi connectivity index (χ4v) is 2.97. The molecule has 0 saturated heterocycles. The van der Waals surface area contributed by atoms with Gasteiger partial charge in [0.15, 0.2) is 0 Å². The molecule has 0 heterocycles. The van der Waals surface area contributed by atoms with Crippen LogP contribution in [0.1, 0.15) is 103 Å². The Balaban J connectivity index is 3.04. The van der Waals surface area contributed by atoms with Crippen LogP contribution in [0.15, 0.2) is 0 Å². The highest BCUT2D eigenvalue weighted by molar-refractivity contribution is 9.10. The molecule has 0 amide bonds. The minimum Gasteiger partial charge on any atom is -0.480 e. The maximum absolute atomic E-state index is 10.6. The fourth-order valence-electron chi connectivity index (χ4n) is 2.64. The molecule has 0 unspecified atom stereocenters. The Morgan fingerprint density at radius 3 is 1.43 bits per heavy atom. The normalized spacial score (nSPS) is 12.5. The highest BCUT2D eigenvalue weighted by Crippen LogP contribution is 2.15. The number of unbranched alkanes of at least 4 members (excludes halogenated alkanes) is 13. The van der Waals surface area contributed by atoms with Gasteiger partial charge in [-0.15, -0.1) is 0 Å². The molecule has 2 nitrogen and oxygen atoms in total. The van der Waals surface area contributed by atoms with Crippen molar-refractivity contribution in [2.45, 2.75) is 108 Å². The molecule has 1 N–H and O–H groups in total. The molecule has 0 aliphatic carbocycles. The van der Waals surface area contributed by atoms with Crippen LogP contribution in [-0.4, -0.2) is 15.9 Å². The monoisotopic (exact) mass is 362 g/mol. The van der Waals surface area contributed by atoms with E-state index in [1.165, 1.54) is 83.5 Å². The third-order valence-electron chi connectivity index (χ3n) is 4.08. The molecule has 0 aromatic rings. The van der Waals surface area contributed by atoms with Gasteiger partial charge in [-0.1, -0.05) is 113 Å². The van der Waals surface area contributed by atoms with Crippen molar-refractivity contribution < 1.29 is 9.90 Å². The third kappa shape index (κ3) is 16.2. The van der Waals surface area contributed by atoms with Crippen molar-refractivity contribution in [3.63, 3.8) is 0 Å². The van der Waals surface area contributed by atoms with Crippen LogP contribution < -0.4 is 0 Å². The smallest absolute Gasteiger partial charge is 0.317 e. The standard InChI is InChI=1S/C18H35BrO2/c1-2-3-4-5-6-7-8-9-10-11-12-13-14-15-16-17(19)18(20)21/h17H,2-16H2,1H3,(H,20,21)/t17-/m0/s1. The summed E-state index contributed by atoms with van der Waals surface area (Å²) in [6.07, 6.45) is 19.5. The number of carboxylic acids is 1. The third-order valence-corrected chi connectivity index (χ3v) is 4.93. The van der Waals surface area contributed by atoms with Gasteiger partial charge in [-0.25, -0.2) is 0 Å². The zero-order valence-corrected chi connectivity index (χ0v) is 15.5. The van der Waals surface area contributed by atoms with E-state index in [-0.39, 0.29) is 4.83 Å². The second kappa shape index (κ2) is 16.3. The summed E-state index contributed by atoms with van der Waals surface area (Å²) in [6.45, 7) is 2.27. The first-order valence-electron chi connectivity index (χ1n) is 9.05. The Hall–Kier alpha value is -0.0500. The van der Waals surface area contributed by atoms with Gasteiger partial charge in [0, 0.05) is 0 Å². The van der Waals surface area contributed by atoms with Crippen LogP contribution in [0.4, 0.5) is 0 Å².